The third-order valence-electron chi connectivity index (χ3n) is 8.03. The zero-order chi connectivity index (χ0) is 22.2. The maximum absolute atomic E-state index is 13.3. The van der Waals surface area contributed by atoms with Gasteiger partial charge >= 0.3 is 0 Å². The van der Waals surface area contributed by atoms with Crippen LogP contribution >= 0.6 is 0 Å². The van der Waals surface area contributed by atoms with Gasteiger partial charge in [-0.1, -0.05) is 0 Å². The Morgan fingerprint density at radius 1 is 1.16 bits per heavy atom. The average molecular weight is 438 g/mol. The molecule has 32 heavy (non-hydrogen) atoms. The summed E-state index contributed by atoms with van der Waals surface area (Å²) >= 11 is 0. The summed E-state index contributed by atoms with van der Waals surface area (Å²) in [5.74, 6) is 1.87. The first kappa shape index (κ1) is 20.1. The van der Waals surface area contributed by atoms with E-state index in [0.717, 1.165) is 48.0 Å². The van der Waals surface area contributed by atoms with Crippen LogP contribution in [0, 0.1) is 11.8 Å². The zero-order valence-corrected chi connectivity index (χ0v) is 18.8. The van der Waals surface area contributed by atoms with Crippen molar-refractivity contribution in [3.8, 4) is 5.75 Å². The summed E-state index contributed by atoms with van der Waals surface area (Å²) in [7, 11) is 3.67. The summed E-state index contributed by atoms with van der Waals surface area (Å²) in [6.45, 7) is 1.75. The number of hydrogen-bond acceptors (Lipinski definition) is 4. The van der Waals surface area contributed by atoms with E-state index in [1.165, 1.54) is 5.56 Å². The number of aliphatic hydroxyl groups is 1. The largest absolute Gasteiger partial charge is 0.497 e. The minimum atomic E-state index is -0.363. The predicted octanol–water partition coefficient (Wildman–Crippen LogP) is 2.35. The number of benzene rings is 1. The third-order valence-corrected chi connectivity index (χ3v) is 8.03. The molecule has 1 saturated heterocycles. The molecule has 0 unspecified atom stereocenters. The summed E-state index contributed by atoms with van der Waals surface area (Å²) in [5, 5.41) is 11.6. The number of ether oxygens (including phenoxy) is 1. The molecule has 0 bridgehead atoms. The molecule has 0 radical (unpaired) electrons. The van der Waals surface area contributed by atoms with Crippen LogP contribution in [0.4, 0.5) is 0 Å². The molecule has 3 fully saturated rings. The van der Waals surface area contributed by atoms with Crippen molar-refractivity contribution in [3.05, 3.63) is 29.5 Å². The summed E-state index contributed by atoms with van der Waals surface area (Å²) in [6.07, 6.45) is 4.80. The fourth-order valence-corrected chi connectivity index (χ4v) is 5.99. The third kappa shape index (κ3) is 2.90. The Balaban J connectivity index is 1.46. The predicted molar refractivity (Wildman–Crippen MR) is 119 cm³/mol. The molecule has 1 aromatic carbocycles. The summed E-state index contributed by atoms with van der Waals surface area (Å²) in [6, 6.07) is 5.73. The first-order valence-corrected chi connectivity index (χ1v) is 11.8. The molecule has 2 amide bonds. The van der Waals surface area contributed by atoms with Gasteiger partial charge < -0.3 is 24.2 Å². The lowest BCUT2D eigenvalue weighted by Gasteiger charge is -2.56. The molecule has 3 heterocycles. The van der Waals surface area contributed by atoms with Crippen molar-refractivity contribution in [2.24, 2.45) is 18.9 Å². The highest BCUT2D eigenvalue weighted by Gasteiger charge is 2.56. The highest BCUT2D eigenvalue weighted by Crippen LogP contribution is 2.51. The molecule has 4 aliphatic rings. The highest BCUT2D eigenvalue weighted by molar-refractivity contribution is 5.91. The number of carbonyl (C=O) groups excluding carboxylic acids is 2. The number of aliphatic hydroxyl groups excluding tert-OH is 1. The second-order valence-electron chi connectivity index (χ2n) is 10.3. The monoisotopic (exact) mass is 437 g/mol. The number of rotatable bonds is 5. The van der Waals surface area contributed by atoms with Crippen LogP contribution < -0.4 is 4.74 Å². The van der Waals surface area contributed by atoms with Gasteiger partial charge in [0.05, 0.1) is 30.7 Å². The van der Waals surface area contributed by atoms with E-state index in [1.54, 1.807) is 7.11 Å². The SMILES string of the molecule is COc1ccc2c3c(n(C)c2c1)[C@H](CO)N(C(=O)CC1CC1)CC31CN(C(=O)C2CC2)C1. The first-order chi connectivity index (χ1) is 15.5. The van der Waals surface area contributed by atoms with Gasteiger partial charge in [-0.25, -0.2) is 0 Å². The summed E-state index contributed by atoms with van der Waals surface area (Å²) in [5.41, 5.74) is 2.96. The molecule has 7 nitrogen and oxygen atoms in total. The van der Waals surface area contributed by atoms with E-state index in [2.05, 4.69) is 10.6 Å². The Kier molecular flexibility index (Phi) is 4.38. The van der Waals surface area contributed by atoms with Gasteiger partial charge in [0.2, 0.25) is 11.8 Å². The van der Waals surface area contributed by atoms with E-state index in [4.69, 9.17) is 4.74 Å². The van der Waals surface area contributed by atoms with Crippen LogP contribution in [0.3, 0.4) is 0 Å². The highest BCUT2D eigenvalue weighted by atomic mass is 16.5. The van der Waals surface area contributed by atoms with Crippen molar-refractivity contribution in [2.75, 3.05) is 33.4 Å². The standard InChI is InChI=1S/C25H31N3O4/c1-26-19-10-17(32-2)7-8-18(19)22-23(26)20(11-29)28(21(30)9-15-3-4-15)14-25(22)12-27(13-25)24(31)16-5-6-16/h7-8,10,15-16,20,29H,3-6,9,11-14H2,1-2H3/t20-/m0/s1. The van der Waals surface area contributed by atoms with Gasteiger partial charge in [0.1, 0.15) is 5.75 Å². The van der Waals surface area contributed by atoms with Crippen molar-refractivity contribution >= 4 is 22.7 Å². The maximum atomic E-state index is 13.3. The van der Waals surface area contributed by atoms with E-state index in [1.807, 2.05) is 29.0 Å². The van der Waals surface area contributed by atoms with E-state index in [-0.39, 0.29) is 35.8 Å². The second kappa shape index (κ2) is 6.98. The minimum Gasteiger partial charge on any atom is -0.497 e. The van der Waals surface area contributed by atoms with E-state index in [0.29, 0.717) is 32.0 Å². The molecule has 1 aromatic heterocycles. The Bertz CT molecular complexity index is 1110. The van der Waals surface area contributed by atoms with Crippen molar-refractivity contribution in [2.45, 2.75) is 43.6 Å². The van der Waals surface area contributed by atoms with Gasteiger partial charge in [-0.05, 0) is 49.3 Å². The molecule has 6 rings (SSSR count). The number of hydrogen-bond donors (Lipinski definition) is 1. The van der Waals surface area contributed by atoms with Crippen LogP contribution in [0.15, 0.2) is 18.2 Å². The lowest BCUT2D eigenvalue weighted by Crippen LogP contribution is -2.68. The Hall–Kier alpha value is -2.54. The molecule has 2 aliphatic heterocycles. The molecule has 1 atom stereocenters. The van der Waals surface area contributed by atoms with Gasteiger partial charge in [0, 0.05) is 56.2 Å². The fraction of sp³-hybridized carbons (Fsp3) is 0.600. The van der Waals surface area contributed by atoms with Crippen molar-refractivity contribution in [3.63, 3.8) is 0 Å². The summed E-state index contributed by atoms with van der Waals surface area (Å²) < 4.78 is 7.59. The number of amides is 2. The Morgan fingerprint density at radius 2 is 1.91 bits per heavy atom. The summed E-state index contributed by atoms with van der Waals surface area (Å²) in [4.78, 5) is 30.0. The molecule has 2 saturated carbocycles. The Morgan fingerprint density at radius 3 is 2.53 bits per heavy atom. The molecule has 7 heteroatoms. The second-order valence-corrected chi connectivity index (χ2v) is 10.3. The maximum Gasteiger partial charge on any atom is 0.225 e. The number of fused-ring (bicyclic) bond motifs is 4. The number of aromatic nitrogens is 1. The molecular weight excluding hydrogens is 406 g/mol. The first-order valence-electron chi connectivity index (χ1n) is 11.8. The van der Waals surface area contributed by atoms with Crippen LogP contribution in [0.1, 0.15) is 49.4 Å². The van der Waals surface area contributed by atoms with Crippen molar-refractivity contribution in [1.29, 1.82) is 0 Å². The van der Waals surface area contributed by atoms with Crippen LogP contribution in [-0.4, -0.2) is 64.6 Å². The van der Waals surface area contributed by atoms with Crippen LogP contribution in [0.5, 0.6) is 5.75 Å². The van der Waals surface area contributed by atoms with Crippen LogP contribution in [0.25, 0.3) is 10.9 Å². The zero-order valence-electron chi connectivity index (χ0n) is 18.8. The average Bonchev–Trinajstić information content (AvgIpc) is 3.69. The minimum absolute atomic E-state index is 0.106. The lowest BCUT2D eigenvalue weighted by atomic mass is 9.68. The van der Waals surface area contributed by atoms with E-state index in [9.17, 15) is 14.7 Å². The molecule has 1 spiro atoms. The Labute approximate surface area is 187 Å². The van der Waals surface area contributed by atoms with Gasteiger partial charge in [-0.3, -0.25) is 9.59 Å². The number of carbonyl (C=O) groups is 2. The molecule has 170 valence electrons. The smallest absolute Gasteiger partial charge is 0.225 e. The molecule has 1 N–H and O–H groups in total. The molecule has 2 aromatic rings. The van der Waals surface area contributed by atoms with Gasteiger partial charge in [-0.15, -0.1) is 0 Å². The number of likely N-dealkylation sites (tertiary alicyclic amines) is 1. The van der Waals surface area contributed by atoms with Crippen molar-refractivity contribution in [1.82, 2.24) is 14.4 Å². The number of nitrogens with zero attached hydrogens (tertiary/aromatic N) is 3. The number of methoxy groups -OCH3 is 1. The van der Waals surface area contributed by atoms with Crippen molar-refractivity contribution < 1.29 is 19.4 Å². The van der Waals surface area contributed by atoms with Gasteiger partial charge in [0.25, 0.3) is 0 Å². The fourth-order valence-electron chi connectivity index (χ4n) is 5.99. The lowest BCUT2D eigenvalue weighted by molar-refractivity contribution is -0.146. The van der Waals surface area contributed by atoms with E-state index >= 15 is 0 Å². The molecule has 2 aliphatic carbocycles. The topological polar surface area (TPSA) is 75.0 Å². The van der Waals surface area contributed by atoms with Crippen LogP contribution in [0.2, 0.25) is 0 Å². The van der Waals surface area contributed by atoms with E-state index < -0.39 is 0 Å². The number of aryl methyl sites for hydroxylation is 1. The van der Waals surface area contributed by atoms with Gasteiger partial charge in [0.15, 0.2) is 0 Å². The molecular formula is C25H31N3O4. The van der Waals surface area contributed by atoms with Gasteiger partial charge in [-0.2, -0.15) is 0 Å². The normalized spacial score (nSPS) is 23.9. The quantitative estimate of drug-likeness (QED) is 0.779. The van der Waals surface area contributed by atoms with Crippen LogP contribution in [-0.2, 0) is 22.1 Å².